The van der Waals surface area contributed by atoms with Gasteiger partial charge in [-0.1, -0.05) is 19.9 Å². The van der Waals surface area contributed by atoms with Crippen LogP contribution < -0.4 is 0 Å². The van der Waals surface area contributed by atoms with Crippen molar-refractivity contribution in [2.45, 2.75) is 63.8 Å². The van der Waals surface area contributed by atoms with E-state index in [1.54, 1.807) is 13.0 Å². The van der Waals surface area contributed by atoms with Crippen LogP contribution in [-0.4, -0.2) is 56.4 Å². The largest absolute Gasteiger partial charge is 0.393 e. The smallest absolute Gasteiger partial charge is 0.192 e. The van der Waals surface area contributed by atoms with Gasteiger partial charge in [0.1, 0.15) is 6.61 Å². The van der Waals surface area contributed by atoms with Crippen molar-refractivity contribution in [3.05, 3.63) is 12.2 Å². The zero-order valence-corrected chi connectivity index (χ0v) is 16.0. The van der Waals surface area contributed by atoms with Crippen molar-refractivity contribution in [3.63, 3.8) is 0 Å². The van der Waals surface area contributed by atoms with Crippen LogP contribution in [0, 0.1) is 34.5 Å². The molecule has 4 aliphatic carbocycles. The minimum absolute atomic E-state index is 0.0491. The molecule has 0 aliphatic heterocycles. The Morgan fingerprint density at radius 3 is 2.63 bits per heavy atom. The summed E-state index contributed by atoms with van der Waals surface area (Å²) in [6, 6.07) is 0. The number of ketones is 2. The highest BCUT2D eigenvalue weighted by atomic mass is 16.4. The van der Waals surface area contributed by atoms with Gasteiger partial charge in [-0.2, -0.15) is 0 Å². The van der Waals surface area contributed by atoms with E-state index in [0.717, 1.165) is 12.8 Å². The molecule has 0 aromatic rings. The number of hydrogen-bond donors (Lipinski definition) is 4. The van der Waals surface area contributed by atoms with Crippen molar-refractivity contribution in [2.24, 2.45) is 34.5 Å². The lowest BCUT2D eigenvalue weighted by atomic mass is 9.44. The zero-order chi connectivity index (χ0) is 19.8. The van der Waals surface area contributed by atoms with E-state index >= 15 is 0 Å². The van der Waals surface area contributed by atoms with Crippen molar-refractivity contribution in [1.29, 1.82) is 0 Å². The quantitative estimate of drug-likeness (QED) is 0.560. The lowest BCUT2D eigenvalue weighted by molar-refractivity contribution is -0.198. The summed E-state index contributed by atoms with van der Waals surface area (Å²) >= 11 is 0. The summed E-state index contributed by atoms with van der Waals surface area (Å²) in [7, 11) is 0. The van der Waals surface area contributed by atoms with Crippen LogP contribution in [-0.2, 0) is 9.59 Å². The number of Topliss-reactive ketones (excluding diaryl/α,β-unsaturated/α-hetero) is 1. The lowest BCUT2D eigenvalue weighted by Crippen LogP contribution is -2.64. The van der Waals surface area contributed by atoms with Crippen LogP contribution in [0.5, 0.6) is 0 Å². The molecule has 0 heterocycles. The molecule has 9 atom stereocenters. The third kappa shape index (κ3) is 2.27. The predicted molar refractivity (Wildman–Crippen MR) is 96.5 cm³/mol. The second-order valence-electron chi connectivity index (χ2n) is 9.73. The SMILES string of the molecule is C[C@]12C=CC(=O)CC1CC[C@@H]1[C@@H]2[C@@H](O)C[C@@]2(C)[C@H]1C[C@@H](O)[C@]2(O)C(=O)CO. The van der Waals surface area contributed by atoms with Gasteiger partial charge in [0.05, 0.1) is 12.2 Å². The van der Waals surface area contributed by atoms with E-state index in [9.17, 15) is 30.0 Å². The first-order chi connectivity index (χ1) is 12.6. The van der Waals surface area contributed by atoms with Gasteiger partial charge in [-0.15, -0.1) is 0 Å². The fourth-order valence-corrected chi connectivity index (χ4v) is 7.40. The molecule has 0 spiro atoms. The van der Waals surface area contributed by atoms with E-state index in [2.05, 4.69) is 6.92 Å². The molecule has 0 radical (unpaired) electrons. The first-order valence-corrected chi connectivity index (χ1v) is 10.0. The summed E-state index contributed by atoms with van der Waals surface area (Å²) in [4.78, 5) is 24.3. The van der Waals surface area contributed by atoms with Crippen LogP contribution in [0.4, 0.5) is 0 Å². The molecule has 4 rings (SSSR count). The number of aliphatic hydroxyl groups excluding tert-OH is 3. The third-order valence-corrected chi connectivity index (χ3v) is 8.77. The molecule has 6 nitrogen and oxygen atoms in total. The number of rotatable bonds is 2. The lowest BCUT2D eigenvalue weighted by Gasteiger charge is -2.61. The zero-order valence-electron chi connectivity index (χ0n) is 16.0. The fraction of sp³-hybridized carbons (Fsp3) is 0.810. The molecule has 150 valence electrons. The average molecular weight is 378 g/mol. The Kier molecular flexibility index (Phi) is 4.25. The number of carbonyl (C=O) groups is 2. The van der Waals surface area contributed by atoms with Gasteiger partial charge in [-0.05, 0) is 60.8 Å². The number of fused-ring (bicyclic) bond motifs is 5. The molecule has 0 aromatic heterocycles. The molecule has 0 aromatic carbocycles. The van der Waals surface area contributed by atoms with Crippen molar-refractivity contribution in [2.75, 3.05) is 6.61 Å². The predicted octanol–water partition coefficient (Wildman–Crippen LogP) is 0.608. The monoisotopic (exact) mass is 378 g/mol. The Morgan fingerprint density at radius 2 is 1.96 bits per heavy atom. The van der Waals surface area contributed by atoms with Gasteiger partial charge in [-0.3, -0.25) is 9.59 Å². The summed E-state index contributed by atoms with van der Waals surface area (Å²) in [6.45, 7) is 3.06. The Hall–Kier alpha value is -1.08. The average Bonchev–Trinajstić information content (AvgIpc) is 2.82. The number of aliphatic hydroxyl groups is 4. The van der Waals surface area contributed by atoms with Gasteiger partial charge < -0.3 is 20.4 Å². The molecular formula is C21H30O6. The highest BCUT2D eigenvalue weighted by molar-refractivity contribution is 5.91. The van der Waals surface area contributed by atoms with Crippen molar-refractivity contribution < 1.29 is 30.0 Å². The minimum atomic E-state index is -2.03. The van der Waals surface area contributed by atoms with Crippen LogP contribution in [0.1, 0.15) is 46.0 Å². The van der Waals surface area contributed by atoms with Crippen molar-refractivity contribution in [1.82, 2.24) is 0 Å². The second kappa shape index (κ2) is 5.96. The van der Waals surface area contributed by atoms with Gasteiger partial charge in [0.2, 0.25) is 0 Å². The number of allylic oxidation sites excluding steroid dienone is 2. The fourth-order valence-electron chi connectivity index (χ4n) is 7.40. The minimum Gasteiger partial charge on any atom is -0.393 e. The molecule has 0 amide bonds. The first kappa shape index (κ1) is 19.2. The highest BCUT2D eigenvalue weighted by Crippen LogP contribution is 2.67. The topological polar surface area (TPSA) is 115 Å². The standard InChI is InChI=1S/C21H30O6/c1-19-6-5-12(23)7-11(19)3-4-13-14-8-16(25)21(27,17(26)10-22)20(14,2)9-15(24)18(13)19/h5-6,11,13-16,18,22,24-25,27H,3-4,7-10H2,1-2H3/t11?,13-,14-,15-,16+,18+,19-,20-,21-/m0/s1. The summed E-state index contributed by atoms with van der Waals surface area (Å²) < 4.78 is 0. The number of hydrogen-bond acceptors (Lipinski definition) is 6. The molecular weight excluding hydrogens is 348 g/mol. The van der Waals surface area contributed by atoms with E-state index in [1.807, 2.05) is 6.08 Å². The molecule has 0 saturated heterocycles. The van der Waals surface area contributed by atoms with Crippen LogP contribution in [0.15, 0.2) is 12.2 Å². The van der Waals surface area contributed by atoms with Crippen molar-refractivity contribution in [3.8, 4) is 0 Å². The molecule has 1 unspecified atom stereocenters. The number of carbonyl (C=O) groups excluding carboxylic acids is 2. The van der Waals surface area contributed by atoms with E-state index in [-0.39, 0.29) is 47.7 Å². The molecule has 3 fully saturated rings. The molecule has 3 saturated carbocycles. The van der Waals surface area contributed by atoms with E-state index in [1.165, 1.54) is 0 Å². The summed E-state index contributed by atoms with van der Waals surface area (Å²) in [5, 5.41) is 42.4. The maximum Gasteiger partial charge on any atom is 0.192 e. The normalized spacial score (nSPS) is 54.2. The van der Waals surface area contributed by atoms with Gasteiger partial charge >= 0.3 is 0 Å². The van der Waals surface area contributed by atoms with E-state index in [0.29, 0.717) is 6.42 Å². The van der Waals surface area contributed by atoms with Crippen LogP contribution in [0.25, 0.3) is 0 Å². The Balaban J connectivity index is 1.76. The maximum atomic E-state index is 12.4. The molecule has 6 heteroatoms. The van der Waals surface area contributed by atoms with Gasteiger partial charge in [-0.25, -0.2) is 0 Å². The first-order valence-electron chi connectivity index (χ1n) is 10.0. The van der Waals surface area contributed by atoms with Crippen LogP contribution in [0.3, 0.4) is 0 Å². The Bertz CT molecular complexity index is 703. The van der Waals surface area contributed by atoms with Crippen LogP contribution in [0.2, 0.25) is 0 Å². The third-order valence-electron chi connectivity index (χ3n) is 8.77. The van der Waals surface area contributed by atoms with Crippen molar-refractivity contribution >= 4 is 11.6 Å². The van der Waals surface area contributed by atoms with E-state index < -0.39 is 35.6 Å². The molecule has 0 bridgehead atoms. The second-order valence-corrected chi connectivity index (χ2v) is 9.73. The molecule has 4 aliphatic rings. The molecule has 27 heavy (non-hydrogen) atoms. The highest BCUT2D eigenvalue weighted by Gasteiger charge is 2.71. The van der Waals surface area contributed by atoms with Crippen LogP contribution >= 0.6 is 0 Å². The van der Waals surface area contributed by atoms with Gasteiger partial charge in [0.15, 0.2) is 17.2 Å². The van der Waals surface area contributed by atoms with E-state index in [4.69, 9.17) is 0 Å². The summed E-state index contributed by atoms with van der Waals surface area (Å²) in [6.07, 6.45) is 4.25. The molecule has 4 N–H and O–H groups in total. The Labute approximate surface area is 159 Å². The Morgan fingerprint density at radius 1 is 1.26 bits per heavy atom. The van der Waals surface area contributed by atoms with Gasteiger partial charge in [0.25, 0.3) is 0 Å². The summed E-state index contributed by atoms with van der Waals surface area (Å²) in [5.74, 6) is -0.589. The van der Waals surface area contributed by atoms with Gasteiger partial charge in [0, 0.05) is 11.8 Å². The summed E-state index contributed by atoms with van der Waals surface area (Å²) in [5.41, 5.74) is -3.32. The maximum absolute atomic E-state index is 12.4.